The monoisotopic (exact) mass is 234 g/mol. The lowest BCUT2D eigenvalue weighted by Crippen LogP contribution is -2.39. The summed E-state index contributed by atoms with van der Waals surface area (Å²) in [6.07, 6.45) is 2.64. The number of aromatic nitrogens is 1. The van der Waals surface area contributed by atoms with Crippen molar-refractivity contribution in [1.29, 1.82) is 0 Å². The van der Waals surface area contributed by atoms with Crippen molar-refractivity contribution in [2.75, 3.05) is 18.0 Å². The molecule has 0 aliphatic carbocycles. The van der Waals surface area contributed by atoms with E-state index >= 15 is 0 Å². The average molecular weight is 234 g/mol. The first-order chi connectivity index (χ1) is 8.08. The summed E-state index contributed by atoms with van der Waals surface area (Å²) in [6.45, 7) is 8.46. The average Bonchev–Trinajstić information content (AvgIpc) is 2.27. The normalized spacial score (nSPS) is 26.9. The van der Waals surface area contributed by atoms with Crippen LogP contribution in [0.5, 0.6) is 0 Å². The molecule has 1 aliphatic rings. The molecule has 3 unspecified atom stereocenters. The number of nitrogens with zero attached hydrogens (tertiary/aromatic N) is 2. The van der Waals surface area contributed by atoms with Gasteiger partial charge >= 0.3 is 0 Å². The molecule has 1 saturated heterocycles. The van der Waals surface area contributed by atoms with Crippen LogP contribution < -0.4 is 4.90 Å². The van der Waals surface area contributed by atoms with E-state index in [-0.39, 0.29) is 0 Å². The number of rotatable bonds is 2. The Morgan fingerprint density at radius 2 is 2.00 bits per heavy atom. The van der Waals surface area contributed by atoms with Gasteiger partial charge in [0.25, 0.3) is 0 Å². The molecule has 3 nitrogen and oxygen atoms in total. The quantitative estimate of drug-likeness (QED) is 0.854. The molecular formula is C14H22N2O. The first-order valence-electron chi connectivity index (χ1n) is 6.46. The minimum absolute atomic E-state index is 0.453. The van der Waals surface area contributed by atoms with Gasteiger partial charge in [0.2, 0.25) is 0 Å². The number of aliphatic hydroxyl groups excluding tert-OH is 1. The molecule has 0 radical (unpaired) electrons. The fraction of sp³-hybridized carbons (Fsp3) is 0.643. The number of piperidine rings is 1. The molecule has 94 valence electrons. The van der Waals surface area contributed by atoms with Crippen LogP contribution in [0.2, 0.25) is 0 Å². The molecule has 0 aromatic carbocycles. The minimum Gasteiger partial charge on any atom is -0.389 e. The molecule has 17 heavy (non-hydrogen) atoms. The molecule has 1 aromatic heterocycles. The van der Waals surface area contributed by atoms with E-state index < -0.39 is 6.10 Å². The van der Waals surface area contributed by atoms with Crippen LogP contribution in [0.3, 0.4) is 0 Å². The highest BCUT2D eigenvalue weighted by molar-refractivity contribution is 5.48. The van der Waals surface area contributed by atoms with Gasteiger partial charge in [-0.1, -0.05) is 19.9 Å². The second-order valence-electron chi connectivity index (χ2n) is 5.44. The zero-order valence-electron chi connectivity index (χ0n) is 10.9. The maximum absolute atomic E-state index is 9.80. The predicted molar refractivity (Wildman–Crippen MR) is 70.0 cm³/mol. The van der Waals surface area contributed by atoms with Crippen molar-refractivity contribution in [2.24, 2.45) is 11.8 Å². The van der Waals surface area contributed by atoms with Crippen molar-refractivity contribution >= 4 is 5.82 Å². The minimum atomic E-state index is -0.453. The summed E-state index contributed by atoms with van der Waals surface area (Å²) >= 11 is 0. The summed E-state index contributed by atoms with van der Waals surface area (Å²) in [5.74, 6) is 2.35. The van der Waals surface area contributed by atoms with Gasteiger partial charge in [0, 0.05) is 24.8 Å². The molecular weight excluding hydrogens is 212 g/mol. The van der Waals surface area contributed by atoms with Crippen molar-refractivity contribution in [3.8, 4) is 0 Å². The largest absolute Gasteiger partial charge is 0.389 e. The Kier molecular flexibility index (Phi) is 3.67. The summed E-state index contributed by atoms with van der Waals surface area (Å²) < 4.78 is 0. The molecule has 1 aliphatic heterocycles. The Bertz CT molecular complexity index is 368. The van der Waals surface area contributed by atoms with Crippen molar-refractivity contribution < 1.29 is 5.11 Å². The maximum Gasteiger partial charge on any atom is 0.134 e. The Balaban J connectivity index is 2.27. The van der Waals surface area contributed by atoms with E-state index in [1.165, 1.54) is 6.42 Å². The fourth-order valence-corrected chi connectivity index (χ4v) is 2.84. The molecule has 1 N–H and O–H groups in total. The van der Waals surface area contributed by atoms with Crippen LogP contribution in [0.15, 0.2) is 18.3 Å². The smallest absolute Gasteiger partial charge is 0.134 e. The van der Waals surface area contributed by atoms with Crippen LogP contribution in [-0.4, -0.2) is 23.2 Å². The highest BCUT2D eigenvalue weighted by atomic mass is 16.3. The van der Waals surface area contributed by atoms with Crippen LogP contribution in [0.1, 0.15) is 38.9 Å². The standard InChI is InChI=1S/C14H22N2O/c1-10-7-11(2)9-16(8-10)14-13(12(3)17)5-4-6-15-14/h4-6,10-12,17H,7-9H2,1-3H3. The van der Waals surface area contributed by atoms with Crippen LogP contribution in [0.25, 0.3) is 0 Å². The molecule has 1 aromatic rings. The van der Waals surface area contributed by atoms with E-state index in [1.54, 1.807) is 6.92 Å². The Morgan fingerprint density at radius 3 is 2.59 bits per heavy atom. The molecule has 0 amide bonds. The van der Waals surface area contributed by atoms with Crippen LogP contribution in [-0.2, 0) is 0 Å². The van der Waals surface area contributed by atoms with Gasteiger partial charge < -0.3 is 10.0 Å². The zero-order chi connectivity index (χ0) is 12.4. The van der Waals surface area contributed by atoms with E-state index in [1.807, 2.05) is 18.3 Å². The van der Waals surface area contributed by atoms with Crippen molar-refractivity contribution in [1.82, 2.24) is 4.98 Å². The fourth-order valence-electron chi connectivity index (χ4n) is 2.84. The van der Waals surface area contributed by atoms with Gasteiger partial charge in [0.15, 0.2) is 0 Å². The second-order valence-corrected chi connectivity index (χ2v) is 5.44. The van der Waals surface area contributed by atoms with Crippen molar-refractivity contribution in [3.05, 3.63) is 23.9 Å². The molecule has 1 fully saturated rings. The van der Waals surface area contributed by atoms with E-state index in [0.29, 0.717) is 11.8 Å². The number of pyridine rings is 1. The van der Waals surface area contributed by atoms with Gasteiger partial charge in [-0.15, -0.1) is 0 Å². The van der Waals surface area contributed by atoms with Gasteiger partial charge in [0.05, 0.1) is 6.10 Å². The first kappa shape index (κ1) is 12.4. The highest BCUT2D eigenvalue weighted by Gasteiger charge is 2.24. The SMILES string of the molecule is CC1CC(C)CN(c2ncccc2C(C)O)C1. The molecule has 2 heterocycles. The van der Waals surface area contributed by atoms with E-state index in [9.17, 15) is 5.11 Å². The van der Waals surface area contributed by atoms with Crippen LogP contribution in [0, 0.1) is 11.8 Å². The van der Waals surface area contributed by atoms with Gasteiger partial charge in [-0.05, 0) is 31.2 Å². The third-order valence-corrected chi connectivity index (χ3v) is 3.44. The predicted octanol–water partition coefficient (Wildman–Crippen LogP) is 2.62. The molecule has 0 spiro atoms. The van der Waals surface area contributed by atoms with Crippen molar-refractivity contribution in [3.63, 3.8) is 0 Å². The summed E-state index contributed by atoms with van der Waals surface area (Å²) in [5, 5.41) is 9.80. The Labute approximate surface area is 103 Å². The lowest BCUT2D eigenvalue weighted by molar-refractivity contribution is 0.198. The number of hydrogen-bond acceptors (Lipinski definition) is 3. The summed E-state index contributed by atoms with van der Waals surface area (Å²) in [5.41, 5.74) is 0.939. The van der Waals surface area contributed by atoms with Crippen molar-refractivity contribution in [2.45, 2.75) is 33.3 Å². The van der Waals surface area contributed by atoms with E-state index in [2.05, 4.69) is 23.7 Å². The molecule has 3 atom stereocenters. The van der Waals surface area contributed by atoms with Crippen LogP contribution in [0.4, 0.5) is 5.82 Å². The lowest BCUT2D eigenvalue weighted by Gasteiger charge is -2.37. The van der Waals surface area contributed by atoms with Gasteiger partial charge in [0.1, 0.15) is 5.82 Å². The Hall–Kier alpha value is -1.09. The molecule has 0 bridgehead atoms. The van der Waals surface area contributed by atoms with Crippen LogP contribution >= 0.6 is 0 Å². The summed E-state index contributed by atoms with van der Waals surface area (Å²) in [7, 11) is 0. The molecule has 3 heteroatoms. The Morgan fingerprint density at radius 1 is 1.35 bits per heavy atom. The van der Waals surface area contributed by atoms with Gasteiger partial charge in [-0.3, -0.25) is 0 Å². The lowest BCUT2D eigenvalue weighted by atomic mass is 9.91. The number of anilines is 1. The number of aliphatic hydroxyl groups is 1. The molecule has 2 rings (SSSR count). The third kappa shape index (κ3) is 2.78. The van der Waals surface area contributed by atoms with E-state index in [4.69, 9.17) is 0 Å². The summed E-state index contributed by atoms with van der Waals surface area (Å²) in [4.78, 5) is 6.78. The third-order valence-electron chi connectivity index (χ3n) is 3.44. The first-order valence-corrected chi connectivity index (χ1v) is 6.46. The second kappa shape index (κ2) is 5.05. The highest BCUT2D eigenvalue weighted by Crippen LogP contribution is 2.29. The number of hydrogen-bond donors (Lipinski definition) is 1. The maximum atomic E-state index is 9.80. The molecule has 0 saturated carbocycles. The summed E-state index contributed by atoms with van der Waals surface area (Å²) in [6, 6.07) is 3.86. The zero-order valence-corrected chi connectivity index (χ0v) is 10.9. The topological polar surface area (TPSA) is 36.4 Å². The van der Waals surface area contributed by atoms with E-state index in [0.717, 1.165) is 24.5 Å². The van der Waals surface area contributed by atoms with Gasteiger partial charge in [-0.2, -0.15) is 0 Å². The van der Waals surface area contributed by atoms with Gasteiger partial charge in [-0.25, -0.2) is 4.98 Å².